The summed E-state index contributed by atoms with van der Waals surface area (Å²) >= 11 is 1.42. The van der Waals surface area contributed by atoms with E-state index in [9.17, 15) is 9.18 Å². The summed E-state index contributed by atoms with van der Waals surface area (Å²) in [4.78, 5) is 19.4. The zero-order valence-corrected chi connectivity index (χ0v) is 14.7. The van der Waals surface area contributed by atoms with Gasteiger partial charge < -0.3 is 10.6 Å². The van der Waals surface area contributed by atoms with Crippen molar-refractivity contribution in [1.29, 1.82) is 0 Å². The normalized spacial score (nSPS) is 22.5. The molecule has 0 saturated carbocycles. The molecular weight excluding hydrogens is 327 g/mol. The quantitative estimate of drug-likeness (QED) is 0.798. The molecule has 1 unspecified atom stereocenters. The summed E-state index contributed by atoms with van der Waals surface area (Å²) in [6, 6.07) is 0. The highest BCUT2D eigenvalue weighted by Crippen LogP contribution is 2.27. The van der Waals surface area contributed by atoms with Crippen molar-refractivity contribution >= 4 is 22.8 Å². The molecule has 0 spiro atoms. The van der Waals surface area contributed by atoms with Crippen LogP contribution in [-0.2, 0) is 6.42 Å². The number of alkyl halides is 1. The fourth-order valence-corrected chi connectivity index (χ4v) is 4.05. The summed E-state index contributed by atoms with van der Waals surface area (Å²) in [6.07, 6.45) is 7.60. The average molecular weight is 350 g/mol. The smallest absolute Gasteiger partial charge is 0.263 e. The number of hydrogen-bond acceptors (Lipinski definition) is 5. The van der Waals surface area contributed by atoms with Gasteiger partial charge in [-0.1, -0.05) is 12.2 Å². The number of nitrogens with zero attached hydrogens (tertiary/aromatic N) is 2. The van der Waals surface area contributed by atoms with Gasteiger partial charge in [0.2, 0.25) is 0 Å². The minimum atomic E-state index is -0.705. The van der Waals surface area contributed by atoms with Crippen LogP contribution in [0.2, 0.25) is 0 Å². The van der Waals surface area contributed by atoms with Gasteiger partial charge in [0, 0.05) is 44.9 Å². The summed E-state index contributed by atoms with van der Waals surface area (Å²) in [5.74, 6) is -0.0323. The van der Waals surface area contributed by atoms with Crippen molar-refractivity contribution in [2.75, 3.05) is 33.2 Å². The van der Waals surface area contributed by atoms with Gasteiger partial charge in [-0.3, -0.25) is 9.69 Å². The van der Waals surface area contributed by atoms with Crippen LogP contribution in [0.4, 0.5) is 4.39 Å². The Morgan fingerprint density at radius 3 is 3.21 bits per heavy atom. The lowest BCUT2D eigenvalue weighted by molar-refractivity contribution is 0.0950. The summed E-state index contributed by atoms with van der Waals surface area (Å²) in [6.45, 7) is 2.84. The van der Waals surface area contributed by atoms with E-state index in [2.05, 4.69) is 20.5 Å². The van der Waals surface area contributed by atoms with Gasteiger partial charge in [0.25, 0.3) is 5.91 Å². The van der Waals surface area contributed by atoms with Crippen molar-refractivity contribution in [2.45, 2.75) is 25.4 Å². The van der Waals surface area contributed by atoms with E-state index in [1.54, 1.807) is 0 Å². The molecule has 24 heavy (non-hydrogen) atoms. The molecule has 5 nitrogen and oxygen atoms in total. The highest BCUT2D eigenvalue weighted by molar-refractivity contribution is 7.15. The predicted octanol–water partition coefficient (Wildman–Crippen LogP) is 1.98. The molecule has 130 valence electrons. The van der Waals surface area contributed by atoms with Crippen molar-refractivity contribution < 1.29 is 9.18 Å². The van der Waals surface area contributed by atoms with E-state index >= 15 is 0 Å². The predicted molar refractivity (Wildman–Crippen MR) is 94.9 cm³/mol. The Hall–Kier alpha value is -1.73. The second-order valence-electron chi connectivity index (χ2n) is 6.09. The number of rotatable bonds is 5. The number of allylic oxidation sites excluding steroid dienone is 2. The van der Waals surface area contributed by atoms with Gasteiger partial charge >= 0.3 is 0 Å². The first kappa shape index (κ1) is 17.1. The third-order valence-electron chi connectivity index (χ3n) is 4.21. The van der Waals surface area contributed by atoms with Crippen LogP contribution in [-0.4, -0.2) is 55.2 Å². The first-order chi connectivity index (χ1) is 11.7. The third kappa shape index (κ3) is 4.02. The Bertz CT molecular complexity index is 655. The largest absolute Gasteiger partial charge is 0.393 e. The number of hydrogen-bond donors (Lipinski definition) is 2. The Balaban J connectivity index is 1.70. The van der Waals surface area contributed by atoms with E-state index in [1.807, 2.05) is 25.4 Å². The maximum absolute atomic E-state index is 13.4. The number of likely N-dealkylation sites (tertiary alicyclic amines) is 1. The highest BCUT2D eigenvalue weighted by atomic mass is 32.1. The van der Waals surface area contributed by atoms with Crippen molar-refractivity contribution in [3.05, 3.63) is 33.9 Å². The van der Waals surface area contributed by atoms with Crippen LogP contribution in [0.25, 0.3) is 5.57 Å². The number of piperidine rings is 1. The van der Waals surface area contributed by atoms with Gasteiger partial charge in [-0.15, -0.1) is 11.3 Å². The molecule has 2 aliphatic rings. The molecule has 1 fully saturated rings. The maximum Gasteiger partial charge on any atom is 0.263 e. The number of amides is 1. The molecule has 7 heteroatoms. The first-order valence-electron chi connectivity index (χ1n) is 8.36. The second-order valence-corrected chi connectivity index (χ2v) is 7.09. The summed E-state index contributed by atoms with van der Waals surface area (Å²) in [7, 11) is 1.84. The number of thiazole rings is 1. The molecule has 3 heterocycles. The Morgan fingerprint density at radius 1 is 1.58 bits per heavy atom. The molecular formula is C17H23FN4OS. The van der Waals surface area contributed by atoms with E-state index in [0.29, 0.717) is 24.4 Å². The molecule has 3 rings (SSSR count). The van der Waals surface area contributed by atoms with Crippen LogP contribution in [0, 0.1) is 0 Å². The van der Waals surface area contributed by atoms with Gasteiger partial charge in [-0.2, -0.15) is 0 Å². The zero-order valence-electron chi connectivity index (χ0n) is 13.8. The summed E-state index contributed by atoms with van der Waals surface area (Å²) < 4.78 is 13.4. The minimum absolute atomic E-state index is 0.0323. The lowest BCUT2D eigenvalue weighted by Gasteiger charge is -2.27. The fourth-order valence-electron chi connectivity index (χ4n) is 3.03. The van der Waals surface area contributed by atoms with Crippen molar-refractivity contribution in [3.63, 3.8) is 0 Å². The third-order valence-corrected chi connectivity index (χ3v) is 5.35. The molecule has 1 saturated heterocycles. The van der Waals surface area contributed by atoms with Crippen LogP contribution in [0.3, 0.4) is 0 Å². The molecule has 0 aromatic carbocycles. The number of fused-ring (bicyclic) bond motifs is 1. The second kappa shape index (κ2) is 7.90. The topological polar surface area (TPSA) is 57.3 Å². The Morgan fingerprint density at radius 2 is 2.46 bits per heavy atom. The summed E-state index contributed by atoms with van der Waals surface area (Å²) in [5.41, 5.74) is 1.82. The lowest BCUT2D eigenvalue weighted by atomic mass is 10.1. The number of nitrogens with one attached hydrogen (secondary N) is 2. The average Bonchev–Trinajstić information content (AvgIpc) is 3.00. The number of carbonyl (C=O) groups is 1. The van der Waals surface area contributed by atoms with E-state index in [0.717, 1.165) is 42.2 Å². The number of carbonyl (C=O) groups excluding carboxylic acids is 1. The number of aromatic nitrogens is 1. The van der Waals surface area contributed by atoms with Gasteiger partial charge in [0.1, 0.15) is 16.1 Å². The monoisotopic (exact) mass is 350 g/mol. The maximum atomic E-state index is 13.4. The standard InChI is InChI=1S/C17H23FN4OS/c1-19-10-12(4-2-8-22-9-3-5-13(18)11-22)17-21-14-6-7-20-16(23)15(14)24-17/h2,4,10,13,19H,3,5-9,11H2,1H3,(H,20,23)/b4-2-,12-10+. The first-order valence-corrected chi connectivity index (χ1v) is 9.17. The molecule has 2 aliphatic heterocycles. The molecule has 0 bridgehead atoms. The molecule has 0 radical (unpaired) electrons. The van der Waals surface area contributed by atoms with Gasteiger partial charge in [0.05, 0.1) is 5.69 Å². The molecule has 1 atom stereocenters. The Kier molecular flexibility index (Phi) is 5.63. The molecule has 1 amide bonds. The van der Waals surface area contributed by atoms with E-state index in [4.69, 9.17) is 0 Å². The SMILES string of the molecule is CN/C=C(\C=C/CN1CCCC(F)C1)c1nc2c(s1)C(=O)NCC2. The van der Waals surface area contributed by atoms with Crippen molar-refractivity contribution in [3.8, 4) is 0 Å². The molecule has 2 N–H and O–H groups in total. The number of halogens is 1. The molecule has 0 aliphatic carbocycles. The van der Waals surface area contributed by atoms with Gasteiger partial charge in [-0.25, -0.2) is 9.37 Å². The Labute approximate surface area is 145 Å². The van der Waals surface area contributed by atoms with E-state index in [-0.39, 0.29) is 5.91 Å². The highest BCUT2D eigenvalue weighted by Gasteiger charge is 2.22. The zero-order chi connectivity index (χ0) is 16.9. The van der Waals surface area contributed by atoms with E-state index < -0.39 is 6.17 Å². The van der Waals surface area contributed by atoms with Crippen molar-refractivity contribution in [2.24, 2.45) is 0 Å². The van der Waals surface area contributed by atoms with Gasteiger partial charge in [-0.05, 0) is 19.4 Å². The van der Waals surface area contributed by atoms with Crippen LogP contribution >= 0.6 is 11.3 Å². The van der Waals surface area contributed by atoms with Crippen LogP contribution in [0.15, 0.2) is 18.4 Å². The van der Waals surface area contributed by atoms with Crippen LogP contribution in [0.1, 0.15) is 33.2 Å². The minimum Gasteiger partial charge on any atom is -0.393 e. The fraction of sp³-hybridized carbons (Fsp3) is 0.529. The van der Waals surface area contributed by atoms with Crippen LogP contribution < -0.4 is 10.6 Å². The summed E-state index contributed by atoms with van der Waals surface area (Å²) in [5, 5.41) is 6.72. The molecule has 1 aromatic rings. The lowest BCUT2D eigenvalue weighted by Crippen LogP contribution is -2.36. The van der Waals surface area contributed by atoms with Gasteiger partial charge in [0.15, 0.2) is 0 Å². The van der Waals surface area contributed by atoms with Crippen molar-refractivity contribution in [1.82, 2.24) is 20.5 Å². The van der Waals surface area contributed by atoms with Crippen LogP contribution in [0.5, 0.6) is 0 Å². The molecule has 1 aromatic heterocycles. The van der Waals surface area contributed by atoms with E-state index in [1.165, 1.54) is 11.3 Å².